The molecule has 0 amide bonds. The standard InChI is InChI=1S/C12H19NO2/c1-12(2,14-3)8-9-15-11-6-4-10(13)5-7-11/h4-7H,8-9,13H2,1-3H3. The van der Waals surface area contributed by atoms with Crippen molar-refractivity contribution in [3.05, 3.63) is 24.3 Å². The van der Waals surface area contributed by atoms with Crippen molar-refractivity contribution < 1.29 is 9.47 Å². The highest BCUT2D eigenvalue weighted by Crippen LogP contribution is 2.16. The van der Waals surface area contributed by atoms with Gasteiger partial charge in [0.25, 0.3) is 0 Å². The van der Waals surface area contributed by atoms with Crippen LogP contribution in [0.2, 0.25) is 0 Å². The Bertz CT molecular complexity index is 293. The molecule has 0 atom stereocenters. The van der Waals surface area contributed by atoms with Crippen molar-refractivity contribution in [2.45, 2.75) is 25.9 Å². The number of nitrogens with two attached hydrogens (primary N) is 1. The van der Waals surface area contributed by atoms with Crippen molar-refractivity contribution in [3.63, 3.8) is 0 Å². The van der Waals surface area contributed by atoms with Gasteiger partial charge in [-0.2, -0.15) is 0 Å². The molecular formula is C12H19NO2. The highest BCUT2D eigenvalue weighted by Gasteiger charge is 2.15. The summed E-state index contributed by atoms with van der Waals surface area (Å²) in [6, 6.07) is 7.40. The van der Waals surface area contributed by atoms with E-state index in [2.05, 4.69) is 0 Å². The first-order valence-electron chi connectivity index (χ1n) is 5.07. The van der Waals surface area contributed by atoms with Crippen LogP contribution in [0.4, 0.5) is 5.69 Å². The van der Waals surface area contributed by atoms with E-state index in [1.165, 1.54) is 0 Å². The fourth-order valence-electron chi connectivity index (χ4n) is 1.08. The van der Waals surface area contributed by atoms with Crippen LogP contribution in [-0.2, 0) is 4.74 Å². The maximum absolute atomic E-state index is 5.57. The van der Waals surface area contributed by atoms with Crippen molar-refractivity contribution in [1.82, 2.24) is 0 Å². The van der Waals surface area contributed by atoms with Gasteiger partial charge >= 0.3 is 0 Å². The van der Waals surface area contributed by atoms with E-state index in [-0.39, 0.29) is 5.60 Å². The maximum Gasteiger partial charge on any atom is 0.119 e. The molecule has 0 spiro atoms. The van der Waals surface area contributed by atoms with Crippen LogP contribution in [0.25, 0.3) is 0 Å². The Kier molecular flexibility index (Phi) is 3.97. The van der Waals surface area contributed by atoms with E-state index in [0.717, 1.165) is 17.9 Å². The van der Waals surface area contributed by atoms with Gasteiger partial charge in [0, 0.05) is 19.2 Å². The number of rotatable bonds is 5. The molecule has 1 aromatic rings. The molecule has 84 valence electrons. The first kappa shape index (κ1) is 11.9. The number of methoxy groups -OCH3 is 1. The second-order valence-corrected chi connectivity index (χ2v) is 4.13. The van der Waals surface area contributed by atoms with E-state index in [0.29, 0.717) is 6.61 Å². The lowest BCUT2D eigenvalue weighted by Gasteiger charge is -2.22. The van der Waals surface area contributed by atoms with E-state index in [1.54, 1.807) is 7.11 Å². The predicted octanol–water partition coefficient (Wildman–Crippen LogP) is 2.46. The van der Waals surface area contributed by atoms with Gasteiger partial charge in [0.1, 0.15) is 5.75 Å². The topological polar surface area (TPSA) is 44.5 Å². The van der Waals surface area contributed by atoms with Crippen molar-refractivity contribution in [2.24, 2.45) is 0 Å². The van der Waals surface area contributed by atoms with Gasteiger partial charge in [0.2, 0.25) is 0 Å². The fourth-order valence-corrected chi connectivity index (χ4v) is 1.08. The average Bonchev–Trinajstić information content (AvgIpc) is 2.21. The van der Waals surface area contributed by atoms with Crippen LogP contribution in [0.1, 0.15) is 20.3 Å². The second-order valence-electron chi connectivity index (χ2n) is 4.13. The third-order valence-electron chi connectivity index (χ3n) is 2.41. The zero-order valence-corrected chi connectivity index (χ0v) is 9.62. The molecule has 15 heavy (non-hydrogen) atoms. The number of anilines is 1. The first-order chi connectivity index (χ1) is 7.03. The molecule has 0 saturated carbocycles. The summed E-state index contributed by atoms with van der Waals surface area (Å²) in [5.41, 5.74) is 6.19. The lowest BCUT2D eigenvalue weighted by molar-refractivity contribution is 0.00546. The van der Waals surface area contributed by atoms with Crippen LogP contribution < -0.4 is 10.5 Å². The predicted molar refractivity (Wildman–Crippen MR) is 62.1 cm³/mol. The Morgan fingerprint density at radius 1 is 1.20 bits per heavy atom. The Hall–Kier alpha value is -1.22. The molecule has 1 rings (SSSR count). The summed E-state index contributed by atoms with van der Waals surface area (Å²) in [6.45, 7) is 4.73. The van der Waals surface area contributed by atoms with Crippen LogP contribution in [0.3, 0.4) is 0 Å². The molecule has 0 aliphatic rings. The SMILES string of the molecule is COC(C)(C)CCOc1ccc(N)cc1. The van der Waals surface area contributed by atoms with Gasteiger partial charge in [-0.05, 0) is 38.1 Å². The van der Waals surface area contributed by atoms with Gasteiger partial charge in [-0.1, -0.05) is 0 Å². The summed E-state index contributed by atoms with van der Waals surface area (Å²) in [5.74, 6) is 0.844. The number of hydrogen-bond acceptors (Lipinski definition) is 3. The molecule has 1 aromatic carbocycles. The summed E-state index contributed by atoms with van der Waals surface area (Å²) >= 11 is 0. The second kappa shape index (κ2) is 5.03. The smallest absolute Gasteiger partial charge is 0.119 e. The molecule has 0 bridgehead atoms. The molecule has 0 saturated heterocycles. The zero-order valence-electron chi connectivity index (χ0n) is 9.62. The fraction of sp³-hybridized carbons (Fsp3) is 0.500. The molecule has 0 radical (unpaired) electrons. The molecule has 3 heteroatoms. The highest BCUT2D eigenvalue weighted by atomic mass is 16.5. The van der Waals surface area contributed by atoms with Gasteiger partial charge in [-0.25, -0.2) is 0 Å². The molecule has 3 nitrogen and oxygen atoms in total. The molecule has 0 heterocycles. The number of ether oxygens (including phenoxy) is 2. The molecule has 0 aliphatic carbocycles. The Labute approximate surface area is 91.2 Å². The Morgan fingerprint density at radius 3 is 2.33 bits per heavy atom. The van der Waals surface area contributed by atoms with E-state index >= 15 is 0 Å². The molecule has 0 fully saturated rings. The third kappa shape index (κ3) is 4.21. The molecule has 0 aromatic heterocycles. The molecule has 0 unspecified atom stereocenters. The normalized spacial score (nSPS) is 11.4. The highest BCUT2D eigenvalue weighted by molar-refractivity contribution is 5.41. The van der Waals surface area contributed by atoms with Gasteiger partial charge in [-0.3, -0.25) is 0 Å². The number of benzene rings is 1. The van der Waals surface area contributed by atoms with Crippen LogP contribution in [0, 0.1) is 0 Å². The van der Waals surface area contributed by atoms with E-state index < -0.39 is 0 Å². The minimum atomic E-state index is -0.131. The van der Waals surface area contributed by atoms with E-state index in [1.807, 2.05) is 38.1 Å². The van der Waals surface area contributed by atoms with Gasteiger partial charge in [0.15, 0.2) is 0 Å². The summed E-state index contributed by atoms with van der Waals surface area (Å²) in [7, 11) is 1.71. The summed E-state index contributed by atoms with van der Waals surface area (Å²) < 4.78 is 10.9. The van der Waals surface area contributed by atoms with Crippen LogP contribution in [0.5, 0.6) is 5.75 Å². The van der Waals surface area contributed by atoms with Gasteiger partial charge < -0.3 is 15.2 Å². The van der Waals surface area contributed by atoms with Crippen LogP contribution >= 0.6 is 0 Å². The Balaban J connectivity index is 2.35. The lowest BCUT2D eigenvalue weighted by atomic mass is 10.1. The average molecular weight is 209 g/mol. The lowest BCUT2D eigenvalue weighted by Crippen LogP contribution is -2.25. The maximum atomic E-state index is 5.57. The van der Waals surface area contributed by atoms with Crippen molar-refractivity contribution >= 4 is 5.69 Å². The number of hydrogen-bond donors (Lipinski definition) is 1. The van der Waals surface area contributed by atoms with Gasteiger partial charge in [0.05, 0.1) is 12.2 Å². The first-order valence-corrected chi connectivity index (χ1v) is 5.07. The summed E-state index contributed by atoms with van der Waals surface area (Å²) in [6.07, 6.45) is 0.855. The molecule has 2 N–H and O–H groups in total. The van der Waals surface area contributed by atoms with Crippen molar-refractivity contribution in [1.29, 1.82) is 0 Å². The third-order valence-corrected chi connectivity index (χ3v) is 2.41. The van der Waals surface area contributed by atoms with Crippen molar-refractivity contribution in [3.8, 4) is 5.75 Å². The van der Waals surface area contributed by atoms with E-state index in [9.17, 15) is 0 Å². The number of nitrogen functional groups attached to an aromatic ring is 1. The largest absolute Gasteiger partial charge is 0.493 e. The molecular weight excluding hydrogens is 190 g/mol. The summed E-state index contributed by atoms with van der Waals surface area (Å²) in [4.78, 5) is 0. The Morgan fingerprint density at radius 2 is 1.80 bits per heavy atom. The minimum Gasteiger partial charge on any atom is -0.493 e. The zero-order chi connectivity index (χ0) is 11.3. The van der Waals surface area contributed by atoms with E-state index in [4.69, 9.17) is 15.2 Å². The van der Waals surface area contributed by atoms with Crippen LogP contribution in [-0.4, -0.2) is 19.3 Å². The van der Waals surface area contributed by atoms with Crippen molar-refractivity contribution in [2.75, 3.05) is 19.5 Å². The quantitative estimate of drug-likeness (QED) is 0.758. The monoisotopic (exact) mass is 209 g/mol. The van der Waals surface area contributed by atoms with Gasteiger partial charge in [-0.15, -0.1) is 0 Å². The summed E-state index contributed by atoms with van der Waals surface area (Å²) in [5, 5.41) is 0. The minimum absolute atomic E-state index is 0.131. The van der Waals surface area contributed by atoms with Crippen LogP contribution in [0.15, 0.2) is 24.3 Å². The molecule has 0 aliphatic heterocycles.